The molecule has 0 aromatic heterocycles. The van der Waals surface area contributed by atoms with Crippen LogP contribution in [-0.4, -0.2) is 17.3 Å². The van der Waals surface area contributed by atoms with Crippen molar-refractivity contribution >= 4 is 6.21 Å². The highest BCUT2D eigenvalue weighted by Crippen LogP contribution is 2.17. The van der Waals surface area contributed by atoms with Crippen LogP contribution in [0.5, 0.6) is 0 Å². The van der Waals surface area contributed by atoms with E-state index in [0.29, 0.717) is 0 Å². The molecule has 0 amide bonds. The third-order valence-electron chi connectivity index (χ3n) is 2.79. The van der Waals surface area contributed by atoms with Gasteiger partial charge in [-0.3, -0.25) is 0 Å². The summed E-state index contributed by atoms with van der Waals surface area (Å²) in [5.74, 6) is 0. The van der Waals surface area contributed by atoms with Crippen LogP contribution in [0.25, 0.3) is 0 Å². The zero-order chi connectivity index (χ0) is 13.4. The molecule has 0 saturated carbocycles. The fourth-order valence-electron chi connectivity index (χ4n) is 1.93. The lowest BCUT2D eigenvalue weighted by molar-refractivity contribution is -0.443. The van der Waals surface area contributed by atoms with Crippen molar-refractivity contribution in [1.82, 2.24) is 0 Å². The van der Waals surface area contributed by atoms with Gasteiger partial charge >= 0.3 is 0 Å². The summed E-state index contributed by atoms with van der Waals surface area (Å²) in [4.78, 5) is 0. The van der Waals surface area contributed by atoms with E-state index in [4.69, 9.17) is 0 Å². The van der Waals surface area contributed by atoms with Crippen molar-refractivity contribution in [3.05, 3.63) is 59.9 Å². The summed E-state index contributed by atoms with van der Waals surface area (Å²) in [5.41, 5.74) is 3.78. The molecular weight excluding hydrogens is 218 g/mol. The summed E-state index contributed by atoms with van der Waals surface area (Å²) in [5, 5.41) is 0. The Kier molecular flexibility index (Phi) is 6.13. The van der Waals surface area contributed by atoms with Crippen molar-refractivity contribution in [3.8, 4) is 0 Å². The molecule has 18 heavy (non-hydrogen) atoms. The van der Waals surface area contributed by atoms with Gasteiger partial charge in [0.05, 0.1) is 0 Å². The lowest BCUT2D eigenvalue weighted by Crippen LogP contribution is -2.10. The van der Waals surface area contributed by atoms with Crippen molar-refractivity contribution in [1.29, 1.82) is 0 Å². The summed E-state index contributed by atoms with van der Waals surface area (Å²) < 4.78 is 2.20. The first-order valence-corrected chi connectivity index (χ1v) is 6.61. The average molecular weight is 242 g/mol. The number of nitrogens with zero attached hydrogens (tertiary/aromatic N) is 1. The van der Waals surface area contributed by atoms with Crippen LogP contribution in [0.3, 0.4) is 0 Å². The minimum Gasteiger partial charge on any atom is -0.205 e. The molecule has 1 heteroatoms. The monoisotopic (exact) mass is 242 g/mol. The Morgan fingerprint density at radius 2 is 2.28 bits per heavy atom. The molecule has 0 unspecified atom stereocenters. The zero-order valence-electron chi connectivity index (χ0n) is 11.8. The first-order chi connectivity index (χ1) is 8.67. The molecule has 1 aliphatic carbocycles. The molecular formula is C17H24N+. The van der Waals surface area contributed by atoms with Crippen LogP contribution in [0, 0.1) is 0 Å². The van der Waals surface area contributed by atoms with Gasteiger partial charge in [-0.15, -0.1) is 0 Å². The lowest BCUT2D eigenvalue weighted by atomic mass is 10.0. The Morgan fingerprint density at radius 1 is 1.50 bits per heavy atom. The highest BCUT2D eigenvalue weighted by molar-refractivity contribution is 5.51. The van der Waals surface area contributed by atoms with Gasteiger partial charge in [-0.25, -0.2) is 4.58 Å². The topological polar surface area (TPSA) is 3.01 Å². The Morgan fingerprint density at radius 3 is 2.94 bits per heavy atom. The van der Waals surface area contributed by atoms with Crippen LogP contribution in [0.4, 0.5) is 0 Å². The molecule has 0 saturated heterocycles. The van der Waals surface area contributed by atoms with Crippen LogP contribution in [0.1, 0.15) is 33.6 Å². The van der Waals surface area contributed by atoms with Gasteiger partial charge in [0.15, 0.2) is 12.7 Å². The first-order valence-electron chi connectivity index (χ1n) is 6.61. The smallest absolute Gasteiger partial charge is 0.173 e. The van der Waals surface area contributed by atoms with Gasteiger partial charge in [-0.1, -0.05) is 43.4 Å². The predicted molar refractivity (Wildman–Crippen MR) is 81.0 cm³/mol. The third-order valence-corrected chi connectivity index (χ3v) is 2.79. The molecule has 0 bridgehead atoms. The van der Waals surface area contributed by atoms with E-state index in [1.807, 2.05) is 6.92 Å². The maximum Gasteiger partial charge on any atom is 0.173 e. The van der Waals surface area contributed by atoms with E-state index < -0.39 is 0 Å². The van der Waals surface area contributed by atoms with Gasteiger partial charge in [0.2, 0.25) is 0 Å². The highest BCUT2D eigenvalue weighted by Gasteiger charge is 2.08. The summed E-state index contributed by atoms with van der Waals surface area (Å²) in [6.45, 7) is 11.4. The van der Waals surface area contributed by atoms with Crippen molar-refractivity contribution in [2.24, 2.45) is 0 Å². The molecule has 1 rings (SSSR count). The van der Waals surface area contributed by atoms with Crippen LogP contribution in [0.2, 0.25) is 0 Å². The van der Waals surface area contributed by atoms with Crippen molar-refractivity contribution in [2.75, 3.05) is 6.54 Å². The van der Waals surface area contributed by atoms with E-state index >= 15 is 0 Å². The molecule has 0 N–H and O–H groups in total. The average Bonchev–Trinajstić information content (AvgIpc) is 2.54. The Bertz CT molecular complexity index is 442. The number of hydrogen-bond acceptors (Lipinski definition) is 0. The second-order valence-corrected chi connectivity index (χ2v) is 4.59. The Hall–Kier alpha value is -1.63. The predicted octanol–water partition coefficient (Wildman–Crippen LogP) is 4.40. The normalized spacial score (nSPS) is 16.5. The molecule has 96 valence electrons. The first kappa shape index (κ1) is 14.4. The standard InChI is InChI=1S/C17H24N/c1-5-11-18(12-6-2)14-16(4)17-10-8-7-9-15(3)13-17/h5,7-8,10-13H,4,6,9,14H2,1-3H3/q+1/b11-5-,18-12?. The maximum atomic E-state index is 4.22. The largest absolute Gasteiger partial charge is 0.205 e. The third kappa shape index (κ3) is 4.70. The number of hydrogen-bond donors (Lipinski definition) is 0. The fraction of sp³-hybridized carbons (Fsp3) is 0.353. The van der Waals surface area contributed by atoms with Gasteiger partial charge in [-0.2, -0.15) is 0 Å². The van der Waals surface area contributed by atoms with E-state index in [1.165, 1.54) is 11.1 Å². The molecule has 0 aromatic carbocycles. The van der Waals surface area contributed by atoms with Crippen LogP contribution >= 0.6 is 0 Å². The molecule has 0 atom stereocenters. The molecule has 0 fully saturated rings. The zero-order valence-corrected chi connectivity index (χ0v) is 11.8. The number of rotatable bonds is 5. The molecule has 1 nitrogen and oxygen atoms in total. The Labute approximate surface area is 111 Å². The summed E-state index contributed by atoms with van der Waals surface area (Å²) >= 11 is 0. The van der Waals surface area contributed by atoms with Crippen LogP contribution in [0.15, 0.2) is 59.9 Å². The molecule has 1 aliphatic rings. The van der Waals surface area contributed by atoms with Crippen molar-refractivity contribution in [2.45, 2.75) is 33.6 Å². The molecule has 0 spiro atoms. The maximum absolute atomic E-state index is 4.22. The summed E-state index contributed by atoms with van der Waals surface area (Å²) in [7, 11) is 0. The van der Waals surface area contributed by atoms with Crippen LogP contribution < -0.4 is 0 Å². The summed E-state index contributed by atoms with van der Waals surface area (Å²) in [6, 6.07) is 0. The molecule has 0 aliphatic heterocycles. The number of allylic oxidation sites excluding steroid dienone is 6. The minimum atomic E-state index is 0.849. The van der Waals surface area contributed by atoms with Crippen molar-refractivity contribution in [3.63, 3.8) is 0 Å². The SMILES string of the molecule is C=C(C[N+](=CCC)/C=C\C)C1=CC=CCC(C)=C1. The second-order valence-electron chi connectivity index (χ2n) is 4.59. The molecule has 0 heterocycles. The second kappa shape index (κ2) is 7.65. The van der Waals surface area contributed by atoms with Gasteiger partial charge in [0.25, 0.3) is 0 Å². The molecule has 0 aromatic rings. The minimum absolute atomic E-state index is 0.849. The van der Waals surface area contributed by atoms with E-state index in [2.05, 4.69) is 67.8 Å². The van der Waals surface area contributed by atoms with E-state index in [1.54, 1.807) is 0 Å². The quantitative estimate of drug-likeness (QED) is 0.496. The van der Waals surface area contributed by atoms with E-state index in [9.17, 15) is 0 Å². The van der Waals surface area contributed by atoms with Crippen LogP contribution in [-0.2, 0) is 0 Å². The van der Waals surface area contributed by atoms with Gasteiger partial charge < -0.3 is 0 Å². The van der Waals surface area contributed by atoms with Gasteiger partial charge in [0, 0.05) is 12.0 Å². The van der Waals surface area contributed by atoms with Gasteiger partial charge in [0.1, 0.15) is 6.21 Å². The van der Waals surface area contributed by atoms with E-state index in [-0.39, 0.29) is 0 Å². The highest BCUT2D eigenvalue weighted by atomic mass is 15.0. The van der Waals surface area contributed by atoms with Crippen molar-refractivity contribution < 1.29 is 4.58 Å². The van der Waals surface area contributed by atoms with E-state index in [0.717, 1.165) is 25.0 Å². The van der Waals surface area contributed by atoms with Gasteiger partial charge in [-0.05, 0) is 31.9 Å². The Balaban J connectivity index is 2.81. The summed E-state index contributed by atoms with van der Waals surface area (Å²) in [6.07, 6.45) is 17.1. The lowest BCUT2D eigenvalue weighted by Gasteiger charge is -2.05. The fourth-order valence-corrected chi connectivity index (χ4v) is 1.93. The molecule has 0 radical (unpaired) electrons.